The van der Waals surface area contributed by atoms with Crippen LogP contribution in [0.5, 0.6) is 0 Å². The molecule has 26 heavy (non-hydrogen) atoms. The van der Waals surface area contributed by atoms with Crippen LogP contribution in [0.25, 0.3) is 0 Å². The summed E-state index contributed by atoms with van der Waals surface area (Å²) in [5.41, 5.74) is 0.838. The number of carbonyl (C=O) groups is 1. The number of rotatable bonds is 3. The number of aryl methyl sites for hydroxylation is 3. The molecule has 1 aliphatic heterocycles. The summed E-state index contributed by atoms with van der Waals surface area (Å²) in [7, 11) is -3.54. The number of thiophene rings is 1. The molecule has 0 unspecified atom stereocenters. The normalized spacial score (nSPS) is 16.1. The van der Waals surface area contributed by atoms with Crippen LogP contribution in [-0.4, -0.2) is 49.7 Å². The van der Waals surface area contributed by atoms with E-state index in [0.717, 1.165) is 9.75 Å². The zero-order chi connectivity index (χ0) is 19.1. The van der Waals surface area contributed by atoms with Crippen LogP contribution >= 0.6 is 11.3 Å². The Kier molecular flexibility index (Phi) is 5.18. The number of halogens is 1. The molecule has 1 aromatic carbocycles. The fraction of sp³-hybridized carbons (Fsp3) is 0.389. The first-order valence-electron chi connectivity index (χ1n) is 8.33. The van der Waals surface area contributed by atoms with Crippen LogP contribution < -0.4 is 0 Å². The Balaban J connectivity index is 1.71. The predicted molar refractivity (Wildman–Crippen MR) is 99.6 cm³/mol. The monoisotopic (exact) mass is 396 g/mol. The van der Waals surface area contributed by atoms with E-state index in [1.54, 1.807) is 24.8 Å². The molecule has 2 heterocycles. The molecule has 140 valence electrons. The Labute approximate surface area is 157 Å². The Bertz CT molecular complexity index is 945. The van der Waals surface area contributed by atoms with Crippen LogP contribution in [0.2, 0.25) is 0 Å². The fourth-order valence-electron chi connectivity index (χ4n) is 3.09. The van der Waals surface area contributed by atoms with Gasteiger partial charge in [-0.05, 0) is 50.6 Å². The summed E-state index contributed by atoms with van der Waals surface area (Å²) >= 11 is 1.46. The van der Waals surface area contributed by atoms with Crippen molar-refractivity contribution in [1.29, 1.82) is 0 Å². The maximum Gasteiger partial charge on any atom is 0.253 e. The highest BCUT2D eigenvalue weighted by Crippen LogP contribution is 2.28. The number of hydrogen-bond acceptors (Lipinski definition) is 4. The molecule has 0 N–H and O–H groups in total. The van der Waals surface area contributed by atoms with E-state index in [9.17, 15) is 17.6 Å². The van der Waals surface area contributed by atoms with Gasteiger partial charge in [-0.25, -0.2) is 12.8 Å². The number of amides is 1. The molecule has 1 saturated heterocycles. The van der Waals surface area contributed by atoms with Crippen LogP contribution in [0.3, 0.4) is 0 Å². The maximum absolute atomic E-state index is 13.4. The van der Waals surface area contributed by atoms with Crippen molar-refractivity contribution >= 4 is 27.3 Å². The molecule has 0 atom stereocenters. The molecular weight excluding hydrogens is 375 g/mol. The van der Waals surface area contributed by atoms with Gasteiger partial charge < -0.3 is 4.90 Å². The molecule has 1 aromatic heterocycles. The van der Waals surface area contributed by atoms with Gasteiger partial charge >= 0.3 is 0 Å². The van der Waals surface area contributed by atoms with Crippen molar-refractivity contribution in [2.45, 2.75) is 25.7 Å². The second-order valence-corrected chi connectivity index (χ2v) is 9.80. The number of benzene rings is 1. The van der Waals surface area contributed by atoms with Crippen LogP contribution in [0.1, 0.15) is 25.7 Å². The van der Waals surface area contributed by atoms with Crippen molar-refractivity contribution in [2.75, 3.05) is 26.2 Å². The quantitative estimate of drug-likeness (QED) is 0.802. The van der Waals surface area contributed by atoms with Crippen molar-refractivity contribution in [2.24, 2.45) is 0 Å². The molecule has 8 heteroatoms. The molecule has 1 aliphatic rings. The zero-order valence-corrected chi connectivity index (χ0v) is 16.6. The van der Waals surface area contributed by atoms with Gasteiger partial charge in [0.1, 0.15) is 5.82 Å². The van der Waals surface area contributed by atoms with E-state index in [0.29, 0.717) is 29.1 Å². The largest absolute Gasteiger partial charge is 0.336 e. The van der Waals surface area contributed by atoms with E-state index in [2.05, 4.69) is 0 Å². The molecule has 0 spiro atoms. The minimum atomic E-state index is -3.54. The molecule has 1 fully saturated rings. The smallest absolute Gasteiger partial charge is 0.253 e. The average molecular weight is 397 g/mol. The molecular formula is C18H21FN2O3S2. The highest BCUT2D eigenvalue weighted by molar-refractivity contribution is 7.89. The molecule has 0 bridgehead atoms. The highest BCUT2D eigenvalue weighted by atomic mass is 32.2. The Morgan fingerprint density at radius 2 is 1.73 bits per heavy atom. The van der Waals surface area contributed by atoms with Gasteiger partial charge in [-0.1, -0.05) is 0 Å². The van der Waals surface area contributed by atoms with Gasteiger partial charge in [-0.2, -0.15) is 4.31 Å². The third kappa shape index (κ3) is 3.54. The molecule has 3 rings (SSSR count). The Morgan fingerprint density at radius 3 is 2.27 bits per heavy atom. The lowest BCUT2D eigenvalue weighted by molar-refractivity contribution is 0.0697. The second kappa shape index (κ2) is 7.09. The van der Waals surface area contributed by atoms with E-state index in [1.807, 2.05) is 6.92 Å². The standard InChI is InChI=1S/C18H21FN2O3S2/c1-12-10-15(4-5-16(12)19)18(22)20-6-8-21(9-7-20)26(23,24)17-11-13(2)25-14(17)3/h4-5,10-11H,6-9H2,1-3H3. The first-order chi connectivity index (χ1) is 12.2. The topological polar surface area (TPSA) is 57.7 Å². The van der Waals surface area contributed by atoms with Crippen molar-refractivity contribution < 1.29 is 17.6 Å². The van der Waals surface area contributed by atoms with Gasteiger partial charge in [0.25, 0.3) is 5.91 Å². The van der Waals surface area contributed by atoms with E-state index < -0.39 is 10.0 Å². The lowest BCUT2D eigenvalue weighted by atomic mass is 10.1. The van der Waals surface area contributed by atoms with E-state index in [4.69, 9.17) is 0 Å². The van der Waals surface area contributed by atoms with E-state index in [-0.39, 0.29) is 24.8 Å². The van der Waals surface area contributed by atoms with Gasteiger partial charge in [0, 0.05) is 41.5 Å². The van der Waals surface area contributed by atoms with Gasteiger partial charge in [-0.3, -0.25) is 4.79 Å². The summed E-state index contributed by atoms with van der Waals surface area (Å²) in [6.45, 7) is 6.44. The van der Waals surface area contributed by atoms with Crippen LogP contribution in [0.15, 0.2) is 29.2 Å². The molecule has 0 aliphatic carbocycles. The van der Waals surface area contributed by atoms with Gasteiger partial charge in [0.2, 0.25) is 10.0 Å². The fourth-order valence-corrected chi connectivity index (χ4v) is 6.04. The molecule has 0 saturated carbocycles. The van der Waals surface area contributed by atoms with Crippen LogP contribution in [0, 0.1) is 26.6 Å². The molecule has 5 nitrogen and oxygen atoms in total. The Morgan fingerprint density at radius 1 is 1.08 bits per heavy atom. The first kappa shape index (κ1) is 19.0. The summed E-state index contributed by atoms with van der Waals surface area (Å²) in [5, 5.41) is 0. The first-order valence-corrected chi connectivity index (χ1v) is 10.6. The zero-order valence-electron chi connectivity index (χ0n) is 15.0. The highest BCUT2D eigenvalue weighted by Gasteiger charge is 2.32. The summed E-state index contributed by atoms with van der Waals surface area (Å²) in [5.74, 6) is -0.549. The average Bonchev–Trinajstić information content (AvgIpc) is 2.96. The molecule has 0 radical (unpaired) electrons. The third-order valence-electron chi connectivity index (χ3n) is 4.54. The summed E-state index contributed by atoms with van der Waals surface area (Å²) in [4.78, 5) is 16.3. The maximum atomic E-state index is 13.4. The SMILES string of the molecule is Cc1cc(S(=O)(=O)N2CCN(C(=O)c3ccc(F)c(C)c3)CC2)c(C)s1. The van der Waals surface area contributed by atoms with E-state index in [1.165, 1.54) is 33.8 Å². The van der Waals surface area contributed by atoms with Crippen LogP contribution in [-0.2, 0) is 10.0 Å². The van der Waals surface area contributed by atoms with E-state index >= 15 is 0 Å². The summed E-state index contributed by atoms with van der Waals surface area (Å²) < 4.78 is 40.5. The molecule has 2 aromatic rings. The van der Waals surface area contributed by atoms with Gasteiger partial charge in [0.05, 0.1) is 4.90 Å². The van der Waals surface area contributed by atoms with Crippen molar-refractivity contribution in [1.82, 2.24) is 9.21 Å². The lowest BCUT2D eigenvalue weighted by Crippen LogP contribution is -2.50. The summed E-state index contributed by atoms with van der Waals surface area (Å²) in [6, 6.07) is 5.97. The minimum absolute atomic E-state index is 0.201. The number of piperazine rings is 1. The summed E-state index contributed by atoms with van der Waals surface area (Å²) in [6.07, 6.45) is 0. The third-order valence-corrected chi connectivity index (χ3v) is 7.66. The minimum Gasteiger partial charge on any atom is -0.336 e. The Hall–Kier alpha value is -1.77. The van der Waals surface area contributed by atoms with Crippen LogP contribution in [0.4, 0.5) is 4.39 Å². The van der Waals surface area contributed by atoms with Crippen molar-refractivity contribution in [3.8, 4) is 0 Å². The molecule has 1 amide bonds. The number of carbonyl (C=O) groups excluding carboxylic acids is 1. The number of nitrogens with zero attached hydrogens (tertiary/aromatic N) is 2. The second-order valence-electron chi connectivity index (χ2n) is 6.44. The van der Waals surface area contributed by atoms with Gasteiger partial charge in [0.15, 0.2) is 0 Å². The lowest BCUT2D eigenvalue weighted by Gasteiger charge is -2.34. The van der Waals surface area contributed by atoms with Gasteiger partial charge in [-0.15, -0.1) is 11.3 Å². The number of sulfonamides is 1. The number of hydrogen-bond donors (Lipinski definition) is 0. The van der Waals surface area contributed by atoms with Crippen molar-refractivity contribution in [3.63, 3.8) is 0 Å². The predicted octanol–water partition coefficient (Wildman–Crippen LogP) is 2.96. The van der Waals surface area contributed by atoms with Crippen molar-refractivity contribution in [3.05, 3.63) is 51.0 Å².